The summed E-state index contributed by atoms with van der Waals surface area (Å²) < 4.78 is 2.17. The molecule has 0 aliphatic carbocycles. The monoisotopic (exact) mass is 283 g/mol. The number of amides is 1. The van der Waals surface area contributed by atoms with Gasteiger partial charge in [0.05, 0.1) is 6.04 Å². The fourth-order valence-electron chi connectivity index (χ4n) is 3.27. The lowest BCUT2D eigenvalue weighted by Gasteiger charge is -2.34. The van der Waals surface area contributed by atoms with Gasteiger partial charge in [-0.1, -0.05) is 6.07 Å². The zero-order valence-electron chi connectivity index (χ0n) is 12.6. The molecule has 21 heavy (non-hydrogen) atoms. The van der Waals surface area contributed by atoms with Crippen molar-refractivity contribution < 1.29 is 4.79 Å². The van der Waals surface area contributed by atoms with Crippen molar-refractivity contribution >= 4 is 6.41 Å². The van der Waals surface area contributed by atoms with Gasteiger partial charge in [-0.2, -0.15) is 0 Å². The van der Waals surface area contributed by atoms with E-state index < -0.39 is 0 Å². The molecule has 1 aliphatic rings. The molecular formula is C17H21N3O. The summed E-state index contributed by atoms with van der Waals surface area (Å²) in [6.07, 6.45) is 6.07. The number of hydrogen-bond donors (Lipinski definition) is 0. The number of likely N-dealkylation sites (tertiary alicyclic amines) is 1. The Hall–Kier alpha value is -2.10. The van der Waals surface area contributed by atoms with Gasteiger partial charge in [0.25, 0.3) is 0 Å². The highest BCUT2D eigenvalue weighted by molar-refractivity contribution is 5.51. The molecule has 1 atom stereocenters. The van der Waals surface area contributed by atoms with Gasteiger partial charge in [0.2, 0.25) is 6.41 Å². The molecule has 4 heteroatoms. The molecule has 0 bridgehead atoms. The van der Waals surface area contributed by atoms with Gasteiger partial charge in [-0.15, -0.1) is 0 Å². The van der Waals surface area contributed by atoms with Crippen LogP contribution in [0.3, 0.4) is 0 Å². The third-order valence-electron chi connectivity index (χ3n) is 4.34. The SMILES string of the molecule is Cc1ccc(C)n1-c1ncccc1[C@@H]1CCCCN1C=O. The molecule has 0 spiro atoms. The predicted molar refractivity (Wildman–Crippen MR) is 82.4 cm³/mol. The number of hydrogen-bond acceptors (Lipinski definition) is 2. The number of aryl methyl sites for hydroxylation is 2. The standard InChI is InChI=1S/C17H21N3O/c1-13-8-9-14(2)20(13)17-15(6-5-10-18-17)16-7-3-4-11-19(16)12-21/h5-6,8-10,12,16H,3-4,7,11H2,1-2H3/t16-/m0/s1. The Balaban J connectivity index is 2.10. The fraction of sp³-hybridized carbons (Fsp3) is 0.412. The molecule has 2 aromatic heterocycles. The smallest absolute Gasteiger partial charge is 0.210 e. The maximum Gasteiger partial charge on any atom is 0.210 e. The average molecular weight is 283 g/mol. The summed E-state index contributed by atoms with van der Waals surface area (Å²) in [6, 6.07) is 8.41. The molecule has 0 aromatic carbocycles. The minimum absolute atomic E-state index is 0.140. The van der Waals surface area contributed by atoms with Crippen LogP contribution >= 0.6 is 0 Å². The van der Waals surface area contributed by atoms with Gasteiger partial charge >= 0.3 is 0 Å². The molecule has 2 aromatic rings. The summed E-state index contributed by atoms with van der Waals surface area (Å²) >= 11 is 0. The second-order valence-electron chi connectivity index (χ2n) is 5.72. The third kappa shape index (κ3) is 2.46. The Bertz CT molecular complexity index is 628. The van der Waals surface area contributed by atoms with Crippen LogP contribution in [0.25, 0.3) is 5.82 Å². The number of aromatic nitrogens is 2. The summed E-state index contributed by atoms with van der Waals surface area (Å²) in [4.78, 5) is 17.9. The van der Waals surface area contributed by atoms with Gasteiger partial charge in [-0.3, -0.25) is 4.79 Å². The van der Waals surface area contributed by atoms with Gasteiger partial charge in [-0.25, -0.2) is 4.98 Å². The molecule has 0 radical (unpaired) electrons. The number of piperidine rings is 1. The number of nitrogens with zero attached hydrogens (tertiary/aromatic N) is 3. The lowest BCUT2D eigenvalue weighted by atomic mass is 9.96. The molecule has 3 rings (SSSR count). The van der Waals surface area contributed by atoms with Crippen molar-refractivity contribution in [3.8, 4) is 5.82 Å². The minimum atomic E-state index is 0.140. The minimum Gasteiger partial charge on any atom is -0.338 e. The molecule has 1 fully saturated rings. The first-order chi connectivity index (χ1) is 10.2. The van der Waals surface area contributed by atoms with Crippen molar-refractivity contribution in [2.75, 3.05) is 6.54 Å². The molecular weight excluding hydrogens is 262 g/mol. The van der Waals surface area contributed by atoms with E-state index in [0.29, 0.717) is 0 Å². The van der Waals surface area contributed by atoms with Crippen LogP contribution in [0.5, 0.6) is 0 Å². The maximum absolute atomic E-state index is 11.4. The van der Waals surface area contributed by atoms with Crippen LogP contribution in [0.15, 0.2) is 30.5 Å². The third-order valence-corrected chi connectivity index (χ3v) is 4.34. The van der Waals surface area contributed by atoms with E-state index in [1.54, 1.807) is 0 Å². The van der Waals surface area contributed by atoms with Crippen LogP contribution in [-0.2, 0) is 4.79 Å². The van der Waals surface area contributed by atoms with E-state index >= 15 is 0 Å². The van der Waals surface area contributed by atoms with E-state index in [-0.39, 0.29) is 6.04 Å². The van der Waals surface area contributed by atoms with E-state index in [0.717, 1.165) is 43.6 Å². The Labute approximate surface area is 125 Å². The molecule has 0 saturated carbocycles. The quantitative estimate of drug-likeness (QED) is 0.811. The molecule has 1 amide bonds. The normalized spacial score (nSPS) is 18.8. The highest BCUT2D eigenvalue weighted by Gasteiger charge is 2.26. The molecule has 0 unspecified atom stereocenters. The van der Waals surface area contributed by atoms with Crippen LogP contribution < -0.4 is 0 Å². The second-order valence-corrected chi connectivity index (χ2v) is 5.72. The number of carbonyl (C=O) groups is 1. The van der Waals surface area contributed by atoms with E-state index in [1.807, 2.05) is 17.2 Å². The summed E-state index contributed by atoms with van der Waals surface area (Å²) in [5.74, 6) is 0.955. The maximum atomic E-state index is 11.4. The van der Waals surface area contributed by atoms with Gasteiger partial charge < -0.3 is 9.47 Å². The Morgan fingerprint density at radius 2 is 1.95 bits per heavy atom. The molecule has 4 nitrogen and oxygen atoms in total. The average Bonchev–Trinajstić information content (AvgIpc) is 2.86. The highest BCUT2D eigenvalue weighted by atomic mass is 16.1. The van der Waals surface area contributed by atoms with Crippen LogP contribution in [0.4, 0.5) is 0 Å². The highest BCUT2D eigenvalue weighted by Crippen LogP contribution is 2.33. The zero-order chi connectivity index (χ0) is 14.8. The number of carbonyl (C=O) groups excluding carboxylic acids is 1. The van der Waals surface area contributed by atoms with Crippen LogP contribution in [-0.4, -0.2) is 27.4 Å². The lowest BCUT2D eigenvalue weighted by Crippen LogP contribution is -2.33. The van der Waals surface area contributed by atoms with Crippen molar-refractivity contribution in [3.63, 3.8) is 0 Å². The largest absolute Gasteiger partial charge is 0.338 e. The van der Waals surface area contributed by atoms with Gasteiger partial charge in [0, 0.05) is 29.7 Å². The topological polar surface area (TPSA) is 38.1 Å². The van der Waals surface area contributed by atoms with Crippen molar-refractivity contribution in [1.29, 1.82) is 0 Å². The van der Waals surface area contributed by atoms with Crippen molar-refractivity contribution in [1.82, 2.24) is 14.5 Å². The van der Waals surface area contributed by atoms with Crippen LogP contribution in [0.1, 0.15) is 42.3 Å². The summed E-state index contributed by atoms with van der Waals surface area (Å²) in [5.41, 5.74) is 3.48. The lowest BCUT2D eigenvalue weighted by molar-refractivity contribution is -0.121. The van der Waals surface area contributed by atoms with Crippen molar-refractivity contribution in [2.45, 2.75) is 39.2 Å². The molecule has 1 saturated heterocycles. The first-order valence-corrected chi connectivity index (χ1v) is 7.53. The van der Waals surface area contributed by atoms with Crippen molar-refractivity contribution in [2.24, 2.45) is 0 Å². The number of rotatable bonds is 3. The summed E-state index contributed by atoms with van der Waals surface area (Å²) in [6.45, 7) is 5.01. The summed E-state index contributed by atoms with van der Waals surface area (Å²) in [7, 11) is 0. The molecule has 1 aliphatic heterocycles. The fourth-order valence-corrected chi connectivity index (χ4v) is 3.27. The second kappa shape index (κ2) is 5.72. The van der Waals surface area contributed by atoms with Crippen molar-refractivity contribution in [3.05, 3.63) is 47.4 Å². The summed E-state index contributed by atoms with van der Waals surface area (Å²) in [5, 5.41) is 0. The molecule has 3 heterocycles. The van der Waals surface area contributed by atoms with Crippen LogP contribution in [0.2, 0.25) is 0 Å². The Morgan fingerprint density at radius 1 is 1.19 bits per heavy atom. The van der Waals surface area contributed by atoms with Gasteiger partial charge in [-0.05, 0) is 51.3 Å². The Morgan fingerprint density at radius 3 is 2.67 bits per heavy atom. The van der Waals surface area contributed by atoms with E-state index in [1.165, 1.54) is 11.4 Å². The van der Waals surface area contributed by atoms with Gasteiger partial charge in [0.15, 0.2) is 0 Å². The zero-order valence-corrected chi connectivity index (χ0v) is 12.6. The molecule has 0 N–H and O–H groups in total. The van der Waals surface area contributed by atoms with E-state index in [4.69, 9.17) is 0 Å². The Kier molecular flexibility index (Phi) is 3.78. The van der Waals surface area contributed by atoms with Gasteiger partial charge in [0.1, 0.15) is 5.82 Å². The first-order valence-electron chi connectivity index (χ1n) is 7.53. The van der Waals surface area contributed by atoms with E-state index in [9.17, 15) is 4.79 Å². The van der Waals surface area contributed by atoms with E-state index in [2.05, 4.69) is 41.6 Å². The van der Waals surface area contributed by atoms with Crippen LogP contribution in [0, 0.1) is 13.8 Å². The number of pyridine rings is 1. The predicted octanol–water partition coefficient (Wildman–Crippen LogP) is 3.17. The first kappa shape index (κ1) is 13.9. The molecule has 110 valence electrons.